The molecule has 2 aliphatic rings. The zero-order chi connectivity index (χ0) is 15.7. The largest absolute Gasteiger partial charge is 0.390 e. The summed E-state index contributed by atoms with van der Waals surface area (Å²) >= 11 is 0. The van der Waals surface area contributed by atoms with E-state index in [1.165, 1.54) is 0 Å². The molecule has 1 saturated carbocycles. The Labute approximate surface area is 128 Å². The van der Waals surface area contributed by atoms with Crippen molar-refractivity contribution in [3.05, 3.63) is 46.3 Å². The monoisotopic (exact) mass is 305 g/mol. The van der Waals surface area contributed by atoms with Gasteiger partial charge in [-0.1, -0.05) is 35.4 Å². The lowest BCUT2D eigenvalue weighted by Crippen LogP contribution is -2.38. The molecule has 118 valence electrons. The van der Waals surface area contributed by atoms with E-state index in [2.05, 4.69) is 10.0 Å². The normalized spacial score (nSPS) is 35.9. The standard InChI is InChI=1S/C15H19N3O4/c1-15(2)21-12-10(17-18-16)11(19)13(14(12)22-15)20-8-9-6-4-3-5-7-9/h3-7,10-14,19H,8H2,1-2H3/t10-,11+,12?,13+,14+/m1/s1. The maximum Gasteiger partial charge on any atom is 0.163 e. The van der Waals surface area contributed by atoms with Gasteiger partial charge in [0.25, 0.3) is 0 Å². The number of hydrogen-bond acceptors (Lipinski definition) is 5. The van der Waals surface area contributed by atoms with Crippen LogP contribution >= 0.6 is 0 Å². The highest BCUT2D eigenvalue weighted by Crippen LogP contribution is 2.41. The zero-order valence-corrected chi connectivity index (χ0v) is 12.5. The molecule has 0 radical (unpaired) electrons. The molecule has 7 heteroatoms. The Morgan fingerprint density at radius 1 is 1.27 bits per heavy atom. The second-order valence-corrected chi connectivity index (χ2v) is 6.01. The Kier molecular flexibility index (Phi) is 4.08. The molecule has 0 bridgehead atoms. The number of hydrogen-bond donors (Lipinski definition) is 1. The van der Waals surface area contributed by atoms with Gasteiger partial charge in [0.05, 0.1) is 18.8 Å². The number of aliphatic hydroxyl groups is 1. The molecule has 1 unspecified atom stereocenters. The van der Waals surface area contributed by atoms with Crippen molar-refractivity contribution in [1.82, 2.24) is 0 Å². The first-order valence-electron chi connectivity index (χ1n) is 7.25. The molecule has 1 saturated heterocycles. The topological polar surface area (TPSA) is 96.7 Å². The van der Waals surface area contributed by atoms with E-state index in [0.29, 0.717) is 6.61 Å². The minimum Gasteiger partial charge on any atom is -0.390 e. The highest BCUT2D eigenvalue weighted by molar-refractivity contribution is 5.14. The van der Waals surface area contributed by atoms with Gasteiger partial charge in [0.2, 0.25) is 0 Å². The number of nitrogens with zero attached hydrogens (tertiary/aromatic N) is 3. The number of benzene rings is 1. The average molecular weight is 305 g/mol. The van der Waals surface area contributed by atoms with Crippen LogP contribution < -0.4 is 0 Å². The third-order valence-electron chi connectivity index (χ3n) is 3.98. The molecule has 7 nitrogen and oxygen atoms in total. The summed E-state index contributed by atoms with van der Waals surface area (Å²) in [5.41, 5.74) is 9.70. The van der Waals surface area contributed by atoms with Gasteiger partial charge in [-0.2, -0.15) is 0 Å². The van der Waals surface area contributed by atoms with Gasteiger partial charge in [-0.15, -0.1) is 0 Å². The number of rotatable bonds is 4. The van der Waals surface area contributed by atoms with Crippen LogP contribution in [0.25, 0.3) is 10.4 Å². The Balaban J connectivity index is 1.76. The fourth-order valence-electron chi connectivity index (χ4n) is 3.07. The molecule has 1 aliphatic carbocycles. The van der Waals surface area contributed by atoms with E-state index in [1.807, 2.05) is 30.3 Å². The highest BCUT2D eigenvalue weighted by Gasteiger charge is 2.59. The van der Waals surface area contributed by atoms with Gasteiger partial charge in [0.15, 0.2) is 5.79 Å². The van der Waals surface area contributed by atoms with E-state index in [4.69, 9.17) is 19.7 Å². The first-order chi connectivity index (χ1) is 10.5. The van der Waals surface area contributed by atoms with Crippen LogP contribution in [0.1, 0.15) is 19.4 Å². The van der Waals surface area contributed by atoms with Crippen LogP contribution in [0.2, 0.25) is 0 Å². The Morgan fingerprint density at radius 3 is 2.64 bits per heavy atom. The molecule has 3 rings (SSSR count). The Bertz CT molecular complexity index is 573. The van der Waals surface area contributed by atoms with Crippen molar-refractivity contribution < 1.29 is 19.3 Å². The quantitative estimate of drug-likeness (QED) is 0.523. The van der Waals surface area contributed by atoms with Crippen LogP contribution in [0.4, 0.5) is 0 Å². The lowest BCUT2D eigenvalue weighted by atomic mass is 10.2. The molecule has 22 heavy (non-hydrogen) atoms. The summed E-state index contributed by atoms with van der Waals surface area (Å²) in [4.78, 5) is 2.80. The molecule has 1 heterocycles. The summed E-state index contributed by atoms with van der Waals surface area (Å²) < 4.78 is 17.4. The van der Waals surface area contributed by atoms with Crippen LogP contribution in [0, 0.1) is 0 Å². The van der Waals surface area contributed by atoms with E-state index in [9.17, 15) is 5.11 Å². The van der Waals surface area contributed by atoms with Crippen molar-refractivity contribution >= 4 is 0 Å². The summed E-state index contributed by atoms with van der Waals surface area (Å²) in [6.07, 6.45) is -2.50. The SMILES string of the molecule is CC1(C)OC2[C@H](N=[N+]=[N-])[C@H](O)[C@H](OCc3ccccc3)[C@H]2O1. The van der Waals surface area contributed by atoms with Crippen LogP contribution in [0.15, 0.2) is 35.4 Å². The molecule has 0 aromatic heterocycles. The third-order valence-corrected chi connectivity index (χ3v) is 3.98. The van der Waals surface area contributed by atoms with Crippen molar-refractivity contribution in [2.24, 2.45) is 5.11 Å². The summed E-state index contributed by atoms with van der Waals surface area (Å²) in [6, 6.07) is 8.95. The molecule has 1 N–H and O–H groups in total. The highest BCUT2D eigenvalue weighted by atomic mass is 16.8. The van der Waals surface area contributed by atoms with E-state index < -0.39 is 36.2 Å². The molecule has 1 aromatic carbocycles. The fourth-order valence-corrected chi connectivity index (χ4v) is 3.07. The van der Waals surface area contributed by atoms with E-state index in [-0.39, 0.29) is 0 Å². The fraction of sp³-hybridized carbons (Fsp3) is 0.600. The summed E-state index contributed by atoms with van der Waals surface area (Å²) in [5.74, 6) is -0.785. The van der Waals surface area contributed by atoms with Gasteiger partial charge >= 0.3 is 0 Å². The van der Waals surface area contributed by atoms with Crippen LogP contribution in [0.3, 0.4) is 0 Å². The maximum atomic E-state index is 10.4. The van der Waals surface area contributed by atoms with E-state index >= 15 is 0 Å². The Morgan fingerprint density at radius 2 is 1.95 bits per heavy atom. The zero-order valence-electron chi connectivity index (χ0n) is 12.5. The van der Waals surface area contributed by atoms with Crippen LogP contribution in [-0.4, -0.2) is 41.4 Å². The van der Waals surface area contributed by atoms with Crippen molar-refractivity contribution in [2.45, 2.75) is 56.7 Å². The first kappa shape index (κ1) is 15.3. The summed E-state index contributed by atoms with van der Waals surface area (Å²) in [5, 5.41) is 14.0. The minimum atomic E-state index is -0.953. The number of azide groups is 1. The Hall–Kier alpha value is -1.63. The van der Waals surface area contributed by atoms with Gasteiger partial charge in [0, 0.05) is 4.91 Å². The van der Waals surface area contributed by atoms with Crippen molar-refractivity contribution in [3.63, 3.8) is 0 Å². The van der Waals surface area contributed by atoms with E-state index in [0.717, 1.165) is 5.56 Å². The van der Waals surface area contributed by atoms with Crippen LogP contribution in [-0.2, 0) is 20.8 Å². The summed E-state index contributed by atoms with van der Waals surface area (Å²) in [7, 11) is 0. The predicted octanol–water partition coefficient (Wildman–Crippen LogP) is 2.15. The molecule has 5 atom stereocenters. The second-order valence-electron chi connectivity index (χ2n) is 6.01. The number of ether oxygens (including phenoxy) is 3. The second kappa shape index (κ2) is 5.87. The van der Waals surface area contributed by atoms with Gasteiger partial charge in [-0.05, 0) is 24.9 Å². The van der Waals surface area contributed by atoms with Crippen molar-refractivity contribution in [2.75, 3.05) is 0 Å². The van der Waals surface area contributed by atoms with Crippen molar-refractivity contribution in [3.8, 4) is 0 Å². The average Bonchev–Trinajstić information content (AvgIpc) is 2.91. The molecule has 1 aliphatic heterocycles. The van der Waals surface area contributed by atoms with Gasteiger partial charge in [0.1, 0.15) is 18.3 Å². The molecule has 1 aromatic rings. The molecule has 0 amide bonds. The number of aliphatic hydroxyl groups excluding tert-OH is 1. The van der Waals surface area contributed by atoms with Crippen molar-refractivity contribution in [1.29, 1.82) is 0 Å². The third kappa shape index (κ3) is 2.82. The van der Waals surface area contributed by atoms with Gasteiger partial charge < -0.3 is 19.3 Å². The molecule has 2 fully saturated rings. The summed E-state index contributed by atoms with van der Waals surface area (Å²) in [6.45, 7) is 3.93. The van der Waals surface area contributed by atoms with Gasteiger partial charge in [-0.3, -0.25) is 0 Å². The van der Waals surface area contributed by atoms with E-state index in [1.54, 1.807) is 13.8 Å². The first-order valence-corrected chi connectivity index (χ1v) is 7.25. The lowest BCUT2D eigenvalue weighted by Gasteiger charge is -2.25. The predicted molar refractivity (Wildman–Crippen MR) is 77.8 cm³/mol. The molecular formula is C15H19N3O4. The lowest BCUT2D eigenvalue weighted by molar-refractivity contribution is -0.183. The molecular weight excluding hydrogens is 286 g/mol. The van der Waals surface area contributed by atoms with Gasteiger partial charge in [-0.25, -0.2) is 0 Å². The molecule has 0 spiro atoms. The maximum absolute atomic E-state index is 10.4. The minimum absolute atomic E-state index is 0.346. The number of fused-ring (bicyclic) bond motifs is 1. The smallest absolute Gasteiger partial charge is 0.163 e. The van der Waals surface area contributed by atoms with Crippen LogP contribution in [0.5, 0.6) is 0 Å².